The quantitative estimate of drug-likeness (QED) is 0.498. The largest absolute Gasteiger partial charge is 0.493 e. The first-order chi connectivity index (χ1) is 13.5. The van der Waals surface area contributed by atoms with Crippen molar-refractivity contribution in [3.05, 3.63) is 66.2 Å². The van der Waals surface area contributed by atoms with Gasteiger partial charge < -0.3 is 19.2 Å². The molecule has 0 unspecified atom stereocenters. The van der Waals surface area contributed by atoms with Gasteiger partial charge in [-0.2, -0.15) is 8.78 Å². The fraction of sp³-hybridized carbons (Fsp3) is 0.0952. The van der Waals surface area contributed by atoms with E-state index in [0.29, 0.717) is 11.3 Å². The molecule has 0 aliphatic heterocycles. The zero-order chi connectivity index (χ0) is 19.7. The summed E-state index contributed by atoms with van der Waals surface area (Å²) in [6.07, 6.45) is 0. The lowest BCUT2D eigenvalue weighted by molar-refractivity contribution is -0.0512. The normalized spacial score (nSPS) is 11.1. The lowest BCUT2D eigenvalue weighted by atomic mass is 10.1. The van der Waals surface area contributed by atoms with E-state index in [1.807, 2.05) is 30.3 Å². The fourth-order valence-electron chi connectivity index (χ4n) is 3.01. The van der Waals surface area contributed by atoms with E-state index in [1.165, 1.54) is 25.3 Å². The van der Waals surface area contributed by atoms with Crippen LogP contribution in [0, 0.1) is 0 Å². The number of rotatable bonds is 5. The Kier molecular flexibility index (Phi) is 4.57. The van der Waals surface area contributed by atoms with Crippen LogP contribution in [0.2, 0.25) is 0 Å². The lowest BCUT2D eigenvalue weighted by Gasteiger charge is -2.11. The summed E-state index contributed by atoms with van der Waals surface area (Å²) in [4.78, 5) is 12.5. The average Bonchev–Trinajstić information content (AvgIpc) is 3.05. The second-order valence-corrected chi connectivity index (χ2v) is 6.01. The second-order valence-electron chi connectivity index (χ2n) is 6.01. The average molecular weight is 383 g/mol. The Morgan fingerprint density at radius 1 is 0.964 bits per heavy atom. The standard InChI is InChI=1S/C21H15F2NO4/c1-26-17-9-6-12(10-19(17)28-21(22)23)20(25)24-13-7-8-15-14-4-2-3-5-16(14)27-18(15)11-13/h2-11,21H,1H3,(H,24,25). The number of para-hydroxylation sites is 1. The summed E-state index contributed by atoms with van der Waals surface area (Å²) >= 11 is 0. The zero-order valence-corrected chi connectivity index (χ0v) is 14.7. The maximum absolute atomic E-state index is 12.6. The van der Waals surface area contributed by atoms with Crippen LogP contribution in [0.25, 0.3) is 21.9 Å². The van der Waals surface area contributed by atoms with Crippen molar-refractivity contribution in [1.82, 2.24) is 0 Å². The highest BCUT2D eigenvalue weighted by atomic mass is 19.3. The van der Waals surface area contributed by atoms with Crippen LogP contribution >= 0.6 is 0 Å². The molecule has 0 aliphatic rings. The Morgan fingerprint density at radius 2 is 1.75 bits per heavy atom. The highest BCUT2D eigenvalue weighted by molar-refractivity contribution is 6.08. The van der Waals surface area contributed by atoms with E-state index in [-0.39, 0.29) is 17.1 Å². The van der Waals surface area contributed by atoms with E-state index >= 15 is 0 Å². The third kappa shape index (κ3) is 3.34. The van der Waals surface area contributed by atoms with Crippen LogP contribution in [-0.2, 0) is 0 Å². The van der Waals surface area contributed by atoms with Crippen molar-refractivity contribution < 1.29 is 27.5 Å². The molecule has 0 spiro atoms. The molecule has 1 N–H and O–H groups in total. The number of anilines is 1. The monoisotopic (exact) mass is 383 g/mol. The van der Waals surface area contributed by atoms with Gasteiger partial charge in [0.1, 0.15) is 11.2 Å². The maximum Gasteiger partial charge on any atom is 0.387 e. The van der Waals surface area contributed by atoms with Gasteiger partial charge in [0, 0.05) is 28.1 Å². The number of alkyl halides is 2. The van der Waals surface area contributed by atoms with E-state index in [2.05, 4.69) is 10.1 Å². The molecule has 1 amide bonds. The highest BCUT2D eigenvalue weighted by Gasteiger charge is 2.15. The molecule has 28 heavy (non-hydrogen) atoms. The third-order valence-corrected chi connectivity index (χ3v) is 4.28. The summed E-state index contributed by atoms with van der Waals surface area (Å²) in [7, 11) is 1.33. The summed E-state index contributed by atoms with van der Waals surface area (Å²) in [6.45, 7) is -3.03. The van der Waals surface area contributed by atoms with Crippen LogP contribution in [-0.4, -0.2) is 19.6 Å². The number of amides is 1. The number of halogens is 2. The van der Waals surface area contributed by atoms with Gasteiger partial charge >= 0.3 is 6.61 Å². The molecule has 5 nitrogen and oxygen atoms in total. The van der Waals surface area contributed by atoms with Gasteiger partial charge in [-0.25, -0.2) is 0 Å². The van der Waals surface area contributed by atoms with Gasteiger partial charge in [0.05, 0.1) is 7.11 Å². The highest BCUT2D eigenvalue weighted by Crippen LogP contribution is 2.32. The number of furan rings is 1. The Bertz CT molecular complexity index is 1170. The molecule has 0 fully saturated rings. The number of nitrogens with one attached hydrogen (secondary N) is 1. The minimum absolute atomic E-state index is 0.112. The molecule has 0 saturated heterocycles. The molecule has 0 bridgehead atoms. The lowest BCUT2D eigenvalue weighted by Crippen LogP contribution is -2.12. The molecule has 142 valence electrons. The van der Waals surface area contributed by atoms with Gasteiger partial charge in [-0.05, 0) is 36.4 Å². The zero-order valence-electron chi connectivity index (χ0n) is 14.7. The number of hydrogen-bond acceptors (Lipinski definition) is 4. The molecule has 0 radical (unpaired) electrons. The van der Waals surface area contributed by atoms with Crippen molar-refractivity contribution in [2.75, 3.05) is 12.4 Å². The van der Waals surface area contributed by atoms with Gasteiger partial charge in [0.2, 0.25) is 0 Å². The summed E-state index contributed by atoms with van der Waals surface area (Å²) in [5.74, 6) is -0.573. The summed E-state index contributed by atoms with van der Waals surface area (Å²) in [6, 6.07) is 17.0. The van der Waals surface area contributed by atoms with Crippen molar-refractivity contribution in [2.24, 2.45) is 0 Å². The predicted octanol–water partition coefficient (Wildman–Crippen LogP) is 5.45. The fourth-order valence-corrected chi connectivity index (χ4v) is 3.01. The molecular weight excluding hydrogens is 368 g/mol. The molecule has 4 aromatic rings. The molecule has 0 saturated carbocycles. The first-order valence-electron chi connectivity index (χ1n) is 8.40. The predicted molar refractivity (Wildman–Crippen MR) is 101 cm³/mol. The van der Waals surface area contributed by atoms with Crippen molar-refractivity contribution in [3.8, 4) is 11.5 Å². The number of methoxy groups -OCH3 is 1. The Balaban J connectivity index is 1.61. The second kappa shape index (κ2) is 7.19. The van der Waals surface area contributed by atoms with Crippen molar-refractivity contribution in [2.45, 2.75) is 6.61 Å². The van der Waals surface area contributed by atoms with Gasteiger partial charge in [0.15, 0.2) is 11.5 Å². The van der Waals surface area contributed by atoms with Crippen LogP contribution in [0.1, 0.15) is 10.4 Å². The first-order valence-corrected chi connectivity index (χ1v) is 8.40. The maximum atomic E-state index is 12.6. The van der Waals surface area contributed by atoms with E-state index in [4.69, 9.17) is 9.15 Å². The summed E-state index contributed by atoms with van der Waals surface area (Å²) < 4.78 is 40.3. The smallest absolute Gasteiger partial charge is 0.387 e. The van der Waals surface area contributed by atoms with Gasteiger partial charge in [-0.3, -0.25) is 4.79 Å². The van der Waals surface area contributed by atoms with E-state index in [1.54, 1.807) is 12.1 Å². The van der Waals surface area contributed by atoms with Crippen molar-refractivity contribution >= 4 is 33.5 Å². The number of fused-ring (bicyclic) bond motifs is 3. The van der Waals surface area contributed by atoms with E-state index in [9.17, 15) is 13.6 Å². The molecule has 0 aliphatic carbocycles. The molecular formula is C21H15F2NO4. The summed E-state index contributed by atoms with van der Waals surface area (Å²) in [5.41, 5.74) is 2.06. The molecule has 7 heteroatoms. The van der Waals surface area contributed by atoms with Crippen LogP contribution < -0.4 is 14.8 Å². The van der Waals surface area contributed by atoms with Crippen LogP contribution in [0.4, 0.5) is 14.5 Å². The van der Waals surface area contributed by atoms with Gasteiger partial charge in [-0.15, -0.1) is 0 Å². The number of carbonyl (C=O) groups is 1. The molecule has 0 atom stereocenters. The van der Waals surface area contributed by atoms with E-state index < -0.39 is 12.5 Å². The Morgan fingerprint density at radius 3 is 2.54 bits per heavy atom. The van der Waals surface area contributed by atoms with Crippen molar-refractivity contribution in [1.29, 1.82) is 0 Å². The van der Waals surface area contributed by atoms with Crippen LogP contribution in [0.5, 0.6) is 11.5 Å². The van der Waals surface area contributed by atoms with Crippen LogP contribution in [0.15, 0.2) is 65.1 Å². The Hall–Kier alpha value is -3.61. The number of hydrogen-bond donors (Lipinski definition) is 1. The van der Waals surface area contributed by atoms with Gasteiger partial charge in [0.25, 0.3) is 5.91 Å². The molecule has 4 rings (SSSR count). The number of carbonyl (C=O) groups excluding carboxylic acids is 1. The SMILES string of the molecule is COc1ccc(C(=O)Nc2ccc3c(c2)oc2ccccc23)cc1OC(F)F. The topological polar surface area (TPSA) is 60.7 Å². The molecule has 1 heterocycles. The van der Waals surface area contributed by atoms with Crippen molar-refractivity contribution in [3.63, 3.8) is 0 Å². The minimum atomic E-state index is -3.03. The van der Waals surface area contributed by atoms with E-state index in [0.717, 1.165) is 16.4 Å². The summed E-state index contributed by atoms with van der Waals surface area (Å²) in [5, 5.41) is 4.65. The first kappa shape index (κ1) is 17.8. The van der Waals surface area contributed by atoms with Gasteiger partial charge in [-0.1, -0.05) is 18.2 Å². The number of benzene rings is 3. The minimum Gasteiger partial charge on any atom is -0.493 e. The Labute approximate surface area is 158 Å². The number of ether oxygens (including phenoxy) is 2. The molecule has 1 aromatic heterocycles. The third-order valence-electron chi connectivity index (χ3n) is 4.28. The molecule has 3 aromatic carbocycles. The van der Waals surface area contributed by atoms with Crippen LogP contribution in [0.3, 0.4) is 0 Å².